The summed E-state index contributed by atoms with van der Waals surface area (Å²) in [7, 11) is 0. The third kappa shape index (κ3) is 4.11. The number of hydrogen-bond donors (Lipinski definition) is 2. The number of nitrogens with one attached hydrogen (secondary N) is 1. The van der Waals surface area contributed by atoms with Gasteiger partial charge in [-0.15, -0.1) is 0 Å². The van der Waals surface area contributed by atoms with Crippen LogP contribution in [0.3, 0.4) is 0 Å². The van der Waals surface area contributed by atoms with E-state index in [0.29, 0.717) is 12.2 Å². The van der Waals surface area contributed by atoms with Gasteiger partial charge in [-0.2, -0.15) is 13.2 Å². The van der Waals surface area contributed by atoms with Crippen LogP contribution < -0.4 is 16.0 Å². The van der Waals surface area contributed by atoms with Gasteiger partial charge in [-0.25, -0.2) is 4.98 Å². The molecule has 1 saturated heterocycles. The number of amides is 1. The molecular weight excluding hydrogens is 345 g/mol. The smallest absolute Gasteiger partial charge is 0.356 e. The van der Waals surface area contributed by atoms with Gasteiger partial charge in [0.15, 0.2) is 0 Å². The Morgan fingerprint density at radius 3 is 2.54 bits per heavy atom. The van der Waals surface area contributed by atoms with Crippen molar-refractivity contribution in [2.24, 2.45) is 17.1 Å². The van der Waals surface area contributed by atoms with Gasteiger partial charge in [0, 0.05) is 30.9 Å². The van der Waals surface area contributed by atoms with Crippen molar-refractivity contribution in [1.82, 2.24) is 10.3 Å². The van der Waals surface area contributed by atoms with Gasteiger partial charge in [0.2, 0.25) is 0 Å². The first-order valence-corrected chi connectivity index (χ1v) is 8.92. The maximum atomic E-state index is 13.4. The first kappa shape index (κ1) is 18.9. The van der Waals surface area contributed by atoms with Gasteiger partial charge in [-0.05, 0) is 42.7 Å². The second kappa shape index (κ2) is 6.72. The highest BCUT2D eigenvalue weighted by Crippen LogP contribution is 2.56. The molecule has 0 bridgehead atoms. The Bertz CT molecular complexity index is 669. The monoisotopic (exact) mass is 370 g/mol. The van der Waals surface area contributed by atoms with E-state index in [1.807, 2.05) is 4.90 Å². The van der Waals surface area contributed by atoms with Crippen LogP contribution in [0.15, 0.2) is 18.3 Å². The molecule has 1 amide bonds. The van der Waals surface area contributed by atoms with E-state index >= 15 is 0 Å². The summed E-state index contributed by atoms with van der Waals surface area (Å²) < 4.78 is 40.2. The summed E-state index contributed by atoms with van der Waals surface area (Å²) in [6.07, 6.45) is -0.904. The SMILES string of the molecule is CC1(C)CC1C(NC(=O)c1ccnc(N2CCC(N)CC2)c1)C(F)(F)F. The number of piperidine rings is 1. The lowest BCUT2D eigenvalue weighted by molar-refractivity contribution is -0.160. The maximum Gasteiger partial charge on any atom is 0.408 e. The van der Waals surface area contributed by atoms with Gasteiger partial charge in [0.25, 0.3) is 5.91 Å². The minimum atomic E-state index is -4.47. The number of halogens is 3. The molecule has 1 saturated carbocycles. The molecule has 0 aromatic carbocycles. The lowest BCUT2D eigenvalue weighted by Gasteiger charge is -2.31. The highest BCUT2D eigenvalue weighted by Gasteiger charge is 2.59. The molecule has 2 fully saturated rings. The third-order valence-corrected chi connectivity index (χ3v) is 5.50. The van der Waals surface area contributed by atoms with Crippen LogP contribution in [0.25, 0.3) is 0 Å². The number of nitrogens with two attached hydrogens (primary N) is 1. The van der Waals surface area contributed by atoms with Crippen LogP contribution in [0, 0.1) is 11.3 Å². The van der Waals surface area contributed by atoms with Crippen LogP contribution in [0.5, 0.6) is 0 Å². The molecule has 2 heterocycles. The van der Waals surface area contributed by atoms with Gasteiger partial charge in [0.1, 0.15) is 11.9 Å². The highest BCUT2D eigenvalue weighted by molar-refractivity contribution is 5.95. The molecule has 1 aromatic rings. The molecule has 0 radical (unpaired) electrons. The summed E-state index contributed by atoms with van der Waals surface area (Å²) in [4.78, 5) is 18.7. The van der Waals surface area contributed by atoms with Crippen molar-refractivity contribution >= 4 is 11.7 Å². The van der Waals surface area contributed by atoms with Crippen molar-refractivity contribution in [3.63, 3.8) is 0 Å². The average Bonchev–Trinajstić information content (AvgIpc) is 3.19. The number of pyridine rings is 1. The van der Waals surface area contributed by atoms with Gasteiger partial charge < -0.3 is 16.0 Å². The topological polar surface area (TPSA) is 71.2 Å². The van der Waals surface area contributed by atoms with E-state index in [1.54, 1.807) is 19.9 Å². The summed E-state index contributed by atoms with van der Waals surface area (Å²) in [6.45, 7) is 5.02. The predicted molar refractivity (Wildman–Crippen MR) is 92.9 cm³/mol. The molecule has 3 N–H and O–H groups in total. The zero-order valence-corrected chi connectivity index (χ0v) is 15.0. The van der Waals surface area contributed by atoms with E-state index in [0.717, 1.165) is 25.9 Å². The van der Waals surface area contributed by atoms with E-state index in [2.05, 4.69) is 10.3 Å². The molecule has 2 unspecified atom stereocenters. The zero-order valence-electron chi connectivity index (χ0n) is 15.0. The van der Waals surface area contributed by atoms with E-state index in [1.165, 1.54) is 12.3 Å². The fourth-order valence-electron chi connectivity index (χ4n) is 3.57. The number of hydrogen-bond acceptors (Lipinski definition) is 4. The van der Waals surface area contributed by atoms with Gasteiger partial charge in [0.05, 0.1) is 0 Å². The Labute approximate surface area is 151 Å². The van der Waals surface area contributed by atoms with E-state index in [9.17, 15) is 18.0 Å². The summed E-state index contributed by atoms with van der Waals surface area (Å²) in [5, 5.41) is 2.20. The van der Waals surface area contributed by atoms with Crippen LogP contribution in [-0.4, -0.2) is 42.2 Å². The predicted octanol–water partition coefficient (Wildman–Crippen LogP) is 2.72. The van der Waals surface area contributed by atoms with Gasteiger partial charge in [-0.3, -0.25) is 4.79 Å². The number of nitrogens with zero attached hydrogens (tertiary/aromatic N) is 2. The van der Waals surface area contributed by atoms with E-state index < -0.39 is 29.5 Å². The second-order valence-corrected chi connectivity index (χ2v) is 8.02. The largest absolute Gasteiger partial charge is 0.408 e. The molecule has 144 valence electrons. The van der Waals surface area contributed by atoms with Gasteiger partial charge >= 0.3 is 6.18 Å². The first-order valence-electron chi connectivity index (χ1n) is 8.92. The quantitative estimate of drug-likeness (QED) is 0.855. The molecule has 5 nitrogen and oxygen atoms in total. The van der Waals surface area contributed by atoms with Crippen molar-refractivity contribution in [1.29, 1.82) is 0 Å². The average molecular weight is 370 g/mol. The fourth-order valence-corrected chi connectivity index (χ4v) is 3.57. The summed E-state index contributed by atoms with van der Waals surface area (Å²) in [6, 6.07) is 1.33. The fraction of sp³-hybridized carbons (Fsp3) is 0.667. The molecule has 1 aromatic heterocycles. The minimum Gasteiger partial charge on any atom is -0.356 e. The van der Waals surface area contributed by atoms with Crippen molar-refractivity contribution in [3.8, 4) is 0 Å². The number of rotatable bonds is 4. The Balaban J connectivity index is 1.72. The number of carbonyl (C=O) groups excluding carboxylic acids is 1. The molecule has 2 atom stereocenters. The van der Waals surface area contributed by atoms with E-state index in [4.69, 9.17) is 5.73 Å². The van der Waals surface area contributed by atoms with Gasteiger partial charge in [-0.1, -0.05) is 13.8 Å². The summed E-state index contributed by atoms with van der Waals surface area (Å²) in [5.41, 5.74) is 5.68. The Kier molecular flexibility index (Phi) is 4.90. The van der Waals surface area contributed by atoms with Crippen molar-refractivity contribution < 1.29 is 18.0 Å². The Morgan fingerprint density at radius 2 is 2.00 bits per heavy atom. The van der Waals surface area contributed by atoms with Crippen molar-refractivity contribution in [2.45, 2.75) is 51.4 Å². The molecule has 26 heavy (non-hydrogen) atoms. The van der Waals surface area contributed by atoms with Crippen LogP contribution >= 0.6 is 0 Å². The number of alkyl halides is 3. The highest BCUT2D eigenvalue weighted by atomic mass is 19.4. The number of carbonyl (C=O) groups is 1. The van der Waals surface area contributed by atoms with Crippen molar-refractivity contribution in [2.75, 3.05) is 18.0 Å². The first-order chi connectivity index (χ1) is 12.1. The van der Waals surface area contributed by atoms with Crippen molar-refractivity contribution in [3.05, 3.63) is 23.9 Å². The molecule has 3 rings (SSSR count). The third-order valence-electron chi connectivity index (χ3n) is 5.50. The number of anilines is 1. The standard InChI is InChI=1S/C18H25F3N4O/c1-17(2)10-13(17)15(18(19,20)21)24-16(26)11-3-6-23-14(9-11)25-7-4-12(22)5-8-25/h3,6,9,12-13,15H,4-5,7-8,10,22H2,1-2H3,(H,24,26). The van der Waals surface area contributed by atoms with E-state index in [-0.39, 0.29) is 11.6 Å². The maximum absolute atomic E-state index is 13.4. The molecule has 0 spiro atoms. The van der Waals surface area contributed by atoms with Crippen LogP contribution in [-0.2, 0) is 0 Å². The molecule has 1 aliphatic carbocycles. The zero-order chi connectivity index (χ0) is 19.1. The second-order valence-electron chi connectivity index (χ2n) is 8.02. The molecular formula is C18H25F3N4O. The lowest BCUT2D eigenvalue weighted by atomic mass is 10.0. The minimum absolute atomic E-state index is 0.159. The Hall–Kier alpha value is -1.83. The molecule has 1 aliphatic heterocycles. The summed E-state index contributed by atoms with van der Waals surface area (Å²) in [5.74, 6) is -0.705. The van der Waals surface area contributed by atoms with Crippen LogP contribution in [0.1, 0.15) is 43.5 Å². The molecule has 2 aliphatic rings. The normalized spacial score (nSPS) is 24.2. The van der Waals surface area contributed by atoms with Crippen LogP contribution in [0.4, 0.5) is 19.0 Å². The summed E-state index contributed by atoms with van der Waals surface area (Å²) >= 11 is 0. The molecule has 8 heteroatoms. The van der Waals surface area contributed by atoms with Crippen LogP contribution in [0.2, 0.25) is 0 Å². The Morgan fingerprint density at radius 1 is 1.38 bits per heavy atom. The number of aromatic nitrogens is 1. The lowest BCUT2D eigenvalue weighted by Crippen LogP contribution is -2.48.